The van der Waals surface area contributed by atoms with Crippen LogP contribution in [0, 0.1) is 11.3 Å². The average molecular weight is 169 g/mol. The van der Waals surface area contributed by atoms with E-state index in [0.717, 1.165) is 0 Å². The summed E-state index contributed by atoms with van der Waals surface area (Å²) in [5, 5.41) is 17.1. The van der Waals surface area contributed by atoms with Gasteiger partial charge in [0.15, 0.2) is 0 Å². The van der Waals surface area contributed by atoms with Crippen LogP contribution in [0.1, 0.15) is 20.3 Å². The highest BCUT2D eigenvalue weighted by atomic mass is 16.5. The van der Waals surface area contributed by atoms with Crippen LogP contribution in [-0.4, -0.2) is 17.7 Å². The largest absolute Gasteiger partial charge is 0.484 e. The third kappa shape index (κ3) is 2.62. The first-order chi connectivity index (χ1) is 5.67. The first-order valence-electron chi connectivity index (χ1n) is 3.66. The summed E-state index contributed by atoms with van der Waals surface area (Å²) in [6.45, 7) is 3.67. The van der Waals surface area contributed by atoms with Gasteiger partial charge in [0.1, 0.15) is 6.07 Å². The van der Waals surface area contributed by atoms with Crippen molar-refractivity contribution in [1.29, 1.82) is 5.26 Å². The molecule has 0 bridgehead atoms. The highest BCUT2D eigenvalue weighted by molar-refractivity contribution is 5.87. The van der Waals surface area contributed by atoms with E-state index in [0.29, 0.717) is 6.61 Å². The van der Waals surface area contributed by atoms with E-state index in [9.17, 15) is 4.79 Å². The first-order valence-corrected chi connectivity index (χ1v) is 3.66. The maximum Gasteiger partial charge on any atom is 0.336 e. The summed E-state index contributed by atoms with van der Waals surface area (Å²) < 4.78 is 4.84. The lowest BCUT2D eigenvalue weighted by Gasteiger charge is -2.03. The van der Waals surface area contributed by atoms with Crippen molar-refractivity contribution in [1.82, 2.24) is 0 Å². The molecule has 0 rings (SSSR count). The van der Waals surface area contributed by atoms with Gasteiger partial charge in [0.05, 0.1) is 12.2 Å². The van der Waals surface area contributed by atoms with Gasteiger partial charge in [-0.3, -0.25) is 0 Å². The Morgan fingerprint density at radius 2 is 2.17 bits per heavy atom. The van der Waals surface area contributed by atoms with Gasteiger partial charge in [-0.25, -0.2) is 4.79 Å². The van der Waals surface area contributed by atoms with Crippen molar-refractivity contribution in [2.24, 2.45) is 0 Å². The Hall–Kier alpha value is -1.50. The van der Waals surface area contributed by atoms with Gasteiger partial charge >= 0.3 is 5.97 Å². The second-order valence-electron chi connectivity index (χ2n) is 2.01. The van der Waals surface area contributed by atoms with E-state index in [1.54, 1.807) is 19.9 Å². The van der Waals surface area contributed by atoms with Crippen LogP contribution >= 0.6 is 0 Å². The minimum absolute atomic E-state index is 0.0272. The Balaban J connectivity index is 4.77. The lowest BCUT2D eigenvalue weighted by molar-refractivity contribution is -0.133. The van der Waals surface area contributed by atoms with Gasteiger partial charge in [0, 0.05) is 0 Å². The molecule has 12 heavy (non-hydrogen) atoms. The zero-order valence-electron chi connectivity index (χ0n) is 7.13. The molecule has 0 spiro atoms. The lowest BCUT2D eigenvalue weighted by Crippen LogP contribution is -2.05. The summed E-state index contributed by atoms with van der Waals surface area (Å²) in [6.07, 6.45) is 0.290. The fourth-order valence-corrected chi connectivity index (χ4v) is 0.740. The fourth-order valence-electron chi connectivity index (χ4n) is 0.740. The third-order valence-electron chi connectivity index (χ3n) is 1.28. The summed E-state index contributed by atoms with van der Waals surface area (Å²) in [4.78, 5) is 10.5. The minimum Gasteiger partial charge on any atom is -0.484 e. The Labute approximate surface area is 71.1 Å². The molecule has 0 heterocycles. The smallest absolute Gasteiger partial charge is 0.336 e. The number of ether oxygens (including phenoxy) is 1. The molecule has 0 aliphatic carbocycles. The molecule has 4 nitrogen and oxygen atoms in total. The summed E-state index contributed by atoms with van der Waals surface area (Å²) in [6, 6.07) is 1.71. The molecule has 0 aliphatic rings. The van der Waals surface area contributed by atoms with Crippen LogP contribution in [-0.2, 0) is 9.53 Å². The maximum atomic E-state index is 10.5. The number of allylic oxidation sites excluding steroid dienone is 1. The normalized spacial score (nSPS) is 11.4. The second-order valence-corrected chi connectivity index (χ2v) is 2.01. The van der Waals surface area contributed by atoms with E-state index in [1.165, 1.54) is 0 Å². The number of aliphatic carboxylic acids is 1. The number of carboxylic acids is 1. The van der Waals surface area contributed by atoms with Crippen LogP contribution in [0.3, 0.4) is 0 Å². The summed E-state index contributed by atoms with van der Waals surface area (Å²) in [5.74, 6) is -1.19. The van der Waals surface area contributed by atoms with Crippen molar-refractivity contribution >= 4 is 5.97 Å². The van der Waals surface area contributed by atoms with Crippen LogP contribution in [0.15, 0.2) is 11.3 Å². The van der Waals surface area contributed by atoms with Gasteiger partial charge in [0.2, 0.25) is 5.76 Å². The van der Waals surface area contributed by atoms with E-state index in [-0.39, 0.29) is 17.8 Å². The molecule has 1 N–H and O–H groups in total. The molecule has 0 aromatic heterocycles. The quantitative estimate of drug-likeness (QED) is 0.391. The van der Waals surface area contributed by atoms with E-state index < -0.39 is 5.97 Å². The zero-order chi connectivity index (χ0) is 9.56. The van der Waals surface area contributed by atoms with E-state index in [4.69, 9.17) is 15.1 Å². The van der Waals surface area contributed by atoms with Gasteiger partial charge in [-0.1, -0.05) is 6.92 Å². The number of nitriles is 1. The molecule has 0 saturated carbocycles. The van der Waals surface area contributed by atoms with Crippen LogP contribution in [0.5, 0.6) is 0 Å². The molecule has 0 aromatic rings. The van der Waals surface area contributed by atoms with Crippen LogP contribution in [0.2, 0.25) is 0 Å². The van der Waals surface area contributed by atoms with Crippen LogP contribution in [0.25, 0.3) is 0 Å². The number of hydrogen-bond acceptors (Lipinski definition) is 3. The predicted octanol–water partition coefficient (Wildman–Crippen LogP) is 1.30. The van der Waals surface area contributed by atoms with Crippen LogP contribution < -0.4 is 0 Å². The molecule has 0 unspecified atom stereocenters. The molecule has 0 atom stereocenters. The molecule has 0 saturated heterocycles. The van der Waals surface area contributed by atoms with Gasteiger partial charge in [-0.2, -0.15) is 5.26 Å². The molecule has 0 aromatic carbocycles. The number of carbonyl (C=O) groups is 1. The molecule has 0 radical (unpaired) electrons. The highest BCUT2D eigenvalue weighted by Crippen LogP contribution is 2.09. The molecule has 66 valence electrons. The minimum atomic E-state index is -1.09. The van der Waals surface area contributed by atoms with Gasteiger partial charge in [-0.05, 0) is 13.3 Å². The van der Waals surface area contributed by atoms with Crippen molar-refractivity contribution in [2.45, 2.75) is 20.3 Å². The Bertz CT molecular complexity index is 237. The lowest BCUT2D eigenvalue weighted by atomic mass is 10.2. The zero-order valence-corrected chi connectivity index (χ0v) is 7.13. The van der Waals surface area contributed by atoms with E-state index in [1.807, 2.05) is 0 Å². The fraction of sp³-hybridized carbons (Fsp3) is 0.500. The summed E-state index contributed by atoms with van der Waals surface area (Å²) >= 11 is 0. The topological polar surface area (TPSA) is 70.3 Å². The predicted molar refractivity (Wildman–Crippen MR) is 42.2 cm³/mol. The monoisotopic (exact) mass is 169 g/mol. The van der Waals surface area contributed by atoms with E-state index >= 15 is 0 Å². The summed E-state index contributed by atoms with van der Waals surface area (Å²) in [5.41, 5.74) is 0.0272. The number of nitrogens with zero attached hydrogens (tertiary/aromatic N) is 1. The van der Waals surface area contributed by atoms with Crippen molar-refractivity contribution in [2.75, 3.05) is 6.61 Å². The van der Waals surface area contributed by atoms with Crippen molar-refractivity contribution < 1.29 is 14.6 Å². The number of carboxylic acid groups (broad SMARTS) is 1. The molecule has 0 fully saturated rings. The molecule has 0 aliphatic heterocycles. The molecular weight excluding hydrogens is 158 g/mol. The number of hydrogen-bond donors (Lipinski definition) is 1. The Kier molecular flexibility index (Phi) is 4.54. The van der Waals surface area contributed by atoms with E-state index in [2.05, 4.69) is 0 Å². The van der Waals surface area contributed by atoms with Crippen LogP contribution in [0.4, 0.5) is 0 Å². The van der Waals surface area contributed by atoms with Gasteiger partial charge < -0.3 is 9.84 Å². The molecule has 0 amide bonds. The second kappa shape index (κ2) is 5.19. The maximum absolute atomic E-state index is 10.5. The van der Waals surface area contributed by atoms with Crippen molar-refractivity contribution in [3.63, 3.8) is 0 Å². The molecule has 4 heteroatoms. The van der Waals surface area contributed by atoms with Crippen molar-refractivity contribution in [3.05, 3.63) is 11.3 Å². The Morgan fingerprint density at radius 1 is 1.58 bits per heavy atom. The first kappa shape index (κ1) is 10.5. The van der Waals surface area contributed by atoms with Crippen molar-refractivity contribution in [3.8, 4) is 6.07 Å². The standard InChI is InChI=1S/C8H11NO3/c1-3-6(8(10)11)7(5-9)12-4-2/h3-4H2,1-2H3,(H,10,11)/b7-6+. The Morgan fingerprint density at radius 3 is 2.42 bits per heavy atom. The average Bonchev–Trinajstić information content (AvgIpc) is 2.03. The SMILES string of the molecule is CCO/C(C#N)=C(\CC)C(=O)O. The number of rotatable bonds is 4. The third-order valence-corrected chi connectivity index (χ3v) is 1.28. The highest BCUT2D eigenvalue weighted by Gasteiger charge is 2.12. The van der Waals surface area contributed by atoms with Gasteiger partial charge in [-0.15, -0.1) is 0 Å². The van der Waals surface area contributed by atoms with Gasteiger partial charge in [0.25, 0.3) is 0 Å². The summed E-state index contributed by atoms with van der Waals surface area (Å²) in [7, 11) is 0. The molecular formula is C8H11NO3.